The van der Waals surface area contributed by atoms with Gasteiger partial charge in [0.1, 0.15) is 62.3 Å². The summed E-state index contributed by atoms with van der Waals surface area (Å²) in [5, 5.41) is 79.1. The number of hydrogen-bond acceptors (Lipinski definition) is 21. The lowest BCUT2D eigenvalue weighted by Crippen LogP contribution is -2.53. The summed E-state index contributed by atoms with van der Waals surface area (Å²) in [6, 6.07) is 8.66. The van der Waals surface area contributed by atoms with E-state index < -0.39 is 171 Å². The third-order valence-electron chi connectivity index (χ3n) is 17.1. The Morgan fingerprint density at radius 3 is 2.14 bits per heavy atom. The van der Waals surface area contributed by atoms with Gasteiger partial charge in [-0.3, -0.25) is 57.6 Å². The molecule has 2 aromatic heterocycles. The molecule has 0 fully saturated rings. The maximum absolute atomic E-state index is 15.5. The van der Waals surface area contributed by atoms with Crippen LogP contribution in [-0.2, 0) is 107 Å². The average molecular weight is 1340 g/mol. The van der Waals surface area contributed by atoms with Crippen molar-refractivity contribution in [3.05, 3.63) is 110 Å². The largest absolute Gasteiger partial charge is 0.458 e. The van der Waals surface area contributed by atoms with Crippen molar-refractivity contribution in [1.29, 1.82) is 0 Å². The third kappa shape index (κ3) is 17.5. The molecule has 4 aromatic rings. The van der Waals surface area contributed by atoms with Gasteiger partial charge < -0.3 is 86.8 Å². The van der Waals surface area contributed by atoms with Crippen molar-refractivity contribution in [1.82, 2.24) is 56.6 Å². The summed E-state index contributed by atoms with van der Waals surface area (Å²) in [5.41, 5.74) is 1.58. The number of nitrogens with one attached hydrogen (secondary N) is 7. The van der Waals surface area contributed by atoms with Crippen LogP contribution in [-0.4, -0.2) is 211 Å². The van der Waals surface area contributed by atoms with Gasteiger partial charge in [0.2, 0.25) is 47.3 Å². The van der Waals surface area contributed by atoms with Crippen LogP contribution in [0.1, 0.15) is 97.2 Å². The number of pyridine rings is 2. The van der Waals surface area contributed by atoms with Crippen molar-refractivity contribution in [2.75, 3.05) is 59.7 Å². The first-order chi connectivity index (χ1) is 45.8. The number of likely N-dealkylation sites (N-methyl/N-ethyl adjacent to an activating group) is 1. The Bertz CT molecular complexity index is 3740. The molecule has 32 heteroatoms. The van der Waals surface area contributed by atoms with Crippen LogP contribution in [0, 0.1) is 5.82 Å². The maximum atomic E-state index is 15.5. The minimum atomic E-state index is -2.08. The number of amides is 10. The number of imide groups is 1. The summed E-state index contributed by atoms with van der Waals surface area (Å²) < 4.78 is 27.6. The Morgan fingerprint density at radius 2 is 1.42 bits per heavy atom. The highest BCUT2D eigenvalue weighted by Gasteiger charge is 2.46. The zero-order valence-electron chi connectivity index (χ0n) is 52.8. The molecule has 3 aliphatic heterocycles. The van der Waals surface area contributed by atoms with Crippen LogP contribution in [0.5, 0.6) is 0 Å². The second-order valence-corrected chi connectivity index (χ2v) is 23.7. The van der Waals surface area contributed by atoms with Crippen molar-refractivity contribution in [3.8, 4) is 11.4 Å². The number of carbonyl (C=O) groups excluding carboxylic acids is 11. The number of rotatable bonds is 34. The molecule has 0 saturated heterocycles. The summed E-state index contributed by atoms with van der Waals surface area (Å²) in [4.78, 5) is 163. The zero-order valence-corrected chi connectivity index (χ0v) is 52.8. The molecule has 96 heavy (non-hydrogen) atoms. The molecule has 31 nitrogen and oxygen atoms in total. The normalized spacial score (nSPS) is 17.0. The predicted molar refractivity (Wildman–Crippen MR) is 333 cm³/mol. The zero-order chi connectivity index (χ0) is 69.5. The fraction of sp³-hybridized carbons (Fsp3) is 0.484. The molecule has 516 valence electrons. The van der Waals surface area contributed by atoms with Gasteiger partial charge in [0.15, 0.2) is 5.60 Å². The van der Waals surface area contributed by atoms with Crippen LogP contribution in [0.15, 0.2) is 59.4 Å². The molecular weight excluding hydrogens is 1260 g/mol. The second kappa shape index (κ2) is 32.8. The summed E-state index contributed by atoms with van der Waals surface area (Å²) in [6.07, 6.45) is -3.67. The van der Waals surface area contributed by atoms with E-state index in [1.165, 1.54) is 23.7 Å². The number of esters is 1. The predicted octanol–water partition coefficient (Wildman–Crippen LogP) is -3.87. The van der Waals surface area contributed by atoms with Gasteiger partial charge in [-0.25, -0.2) is 14.2 Å². The second-order valence-electron chi connectivity index (χ2n) is 23.7. The first-order valence-electron chi connectivity index (χ1n) is 31.3. The number of aryl methyl sites for hydroxylation is 1. The van der Waals surface area contributed by atoms with Crippen molar-refractivity contribution < 1.29 is 97.2 Å². The number of carbonyl (C=O) groups is 11. The maximum Gasteiger partial charge on any atom is 0.343 e. The van der Waals surface area contributed by atoms with E-state index >= 15 is 4.39 Å². The van der Waals surface area contributed by atoms with Crippen LogP contribution in [0.2, 0.25) is 0 Å². The van der Waals surface area contributed by atoms with Crippen LogP contribution >= 0.6 is 0 Å². The number of ether oxygens (including phenoxy) is 2. The summed E-state index contributed by atoms with van der Waals surface area (Å²) in [6.45, 7) is -3.29. The Labute approximate surface area is 548 Å². The lowest BCUT2D eigenvalue weighted by Gasteiger charge is -2.31. The van der Waals surface area contributed by atoms with Gasteiger partial charge in [0.05, 0.1) is 55.3 Å². The van der Waals surface area contributed by atoms with Gasteiger partial charge in [0.25, 0.3) is 17.4 Å². The highest BCUT2D eigenvalue weighted by atomic mass is 19.1. The van der Waals surface area contributed by atoms with E-state index in [4.69, 9.17) is 19.6 Å². The molecule has 0 saturated carbocycles. The van der Waals surface area contributed by atoms with Crippen molar-refractivity contribution in [2.24, 2.45) is 0 Å². The topological polar surface area (TPSA) is 453 Å². The molecule has 2 aromatic carbocycles. The SMILES string of the molecule is CC[C@@]1(O)C(=O)OCc2c1cc1n(c2=O)Cc2c-1nc1cc(F)c3c(c1c2CNC(=O)COCNC(=O)CNC(=O)[C@H](Cc1ccccc1)NC(=O)CNC(=O)CNC(=O)CC[C@H](NC(=O)CCCCCN1C(=O)C=CC1=O)C(=O)N(C)C[C@H](O)[C@@H](O)[C@H](O)[C@H](O)CO)CCC3. The third-order valence-corrected chi connectivity index (χ3v) is 17.1. The number of fused-ring (bicyclic) bond motifs is 7. The van der Waals surface area contributed by atoms with Crippen molar-refractivity contribution in [2.45, 2.75) is 139 Å². The molecule has 0 radical (unpaired) electrons. The van der Waals surface area contributed by atoms with E-state index in [-0.39, 0.29) is 75.0 Å². The Morgan fingerprint density at radius 1 is 0.750 bits per heavy atom. The van der Waals surface area contributed by atoms with Crippen molar-refractivity contribution >= 4 is 75.9 Å². The van der Waals surface area contributed by atoms with E-state index in [9.17, 15) is 83.1 Å². The van der Waals surface area contributed by atoms with Crippen LogP contribution in [0.3, 0.4) is 0 Å². The number of aliphatic hydroxyl groups excluding tert-OH is 5. The highest BCUT2D eigenvalue weighted by Crippen LogP contribution is 2.43. The number of hydrogen-bond donors (Lipinski definition) is 13. The van der Waals surface area contributed by atoms with E-state index in [1.807, 2.05) is 0 Å². The number of halogens is 1. The molecule has 1 aliphatic carbocycles. The van der Waals surface area contributed by atoms with Gasteiger partial charge in [-0.15, -0.1) is 0 Å². The van der Waals surface area contributed by atoms with E-state index in [2.05, 4.69) is 37.2 Å². The number of cyclic esters (lactones) is 1. The lowest BCUT2D eigenvalue weighted by molar-refractivity contribution is -0.172. The Balaban J connectivity index is 0.788. The molecule has 7 atom stereocenters. The molecule has 0 unspecified atom stereocenters. The summed E-state index contributed by atoms with van der Waals surface area (Å²) in [7, 11) is 1.19. The summed E-state index contributed by atoms with van der Waals surface area (Å²) >= 11 is 0. The molecule has 0 spiro atoms. The Kier molecular flexibility index (Phi) is 24.7. The van der Waals surface area contributed by atoms with Crippen molar-refractivity contribution in [3.63, 3.8) is 0 Å². The average Bonchev–Trinajstić information content (AvgIpc) is 1.71. The minimum Gasteiger partial charge on any atom is -0.458 e. The molecule has 13 N–H and O–H groups in total. The number of aromatic nitrogens is 2. The van der Waals surface area contributed by atoms with Gasteiger partial charge in [0, 0.05) is 80.7 Å². The highest BCUT2D eigenvalue weighted by molar-refractivity contribution is 6.12. The molecule has 10 amide bonds. The standard InChI is InChI=1S/C64H78FN11O20/c1-3-64(94)40-22-45-57-38(28-76(45)61(91)39(40)31-96-63(64)93)37(56-36-14-10-13-35(36)41(65)23-43(56)73-57)24-66-53(85)32-95-33-70-51(83)26-69-60(90)44(21-34-11-6-4-7-12-34)72-52(84)27-68-50(82)25-67-48(80)17-16-42(62(92)74(2)29-46(78)58(88)59(89)47(79)30-77)71-49(81)15-8-5-9-20-75-54(86)18-19-55(75)87/h4,6-7,11-12,18-19,22-23,42,44,46-47,58-59,77-79,88-89,94H,3,5,8-10,13-17,20-21,24-33H2,1-2H3,(H,66,85)(H,67,80)(H,68,82)(H,69,90)(H,70,83)(H,71,81)(H,72,84)/t42-,44-,46-,47+,58+,59+,64-/m0/s1. The van der Waals surface area contributed by atoms with Gasteiger partial charge in [-0.05, 0) is 73.3 Å². The van der Waals surface area contributed by atoms with Crippen LogP contribution < -0.4 is 42.8 Å². The smallest absolute Gasteiger partial charge is 0.343 e. The molecular formula is C64H78FN11O20. The molecule has 8 rings (SSSR count). The van der Waals surface area contributed by atoms with E-state index in [0.29, 0.717) is 71.1 Å². The molecule has 4 aliphatic rings. The quantitative estimate of drug-likeness (QED) is 0.00811. The molecule has 5 heterocycles. The fourth-order valence-corrected chi connectivity index (χ4v) is 11.8. The fourth-order valence-electron chi connectivity index (χ4n) is 11.8. The first-order valence-corrected chi connectivity index (χ1v) is 31.3. The van der Waals surface area contributed by atoms with Gasteiger partial charge >= 0.3 is 5.97 Å². The number of aliphatic hydroxyl groups is 6. The summed E-state index contributed by atoms with van der Waals surface area (Å²) in [5.74, 6) is -8.34. The monoisotopic (exact) mass is 1340 g/mol. The number of unbranched alkanes of at least 4 members (excludes halogenated alkanes) is 2. The first kappa shape index (κ1) is 72.4. The van der Waals surface area contributed by atoms with Crippen LogP contribution in [0.4, 0.5) is 4.39 Å². The van der Waals surface area contributed by atoms with Crippen LogP contribution in [0.25, 0.3) is 22.3 Å². The van der Waals surface area contributed by atoms with Gasteiger partial charge in [-0.1, -0.05) is 43.7 Å². The van der Waals surface area contributed by atoms with Gasteiger partial charge in [-0.2, -0.15) is 0 Å². The number of benzene rings is 2. The lowest BCUT2D eigenvalue weighted by atomic mass is 9.86. The van der Waals surface area contributed by atoms with E-state index in [1.54, 1.807) is 37.3 Å². The minimum absolute atomic E-state index is 0.0173. The number of nitrogens with zero attached hydrogens (tertiary/aromatic N) is 4. The Hall–Kier alpha value is -9.44. The molecule has 0 bridgehead atoms. The van der Waals surface area contributed by atoms with E-state index in [0.717, 1.165) is 27.5 Å².